The van der Waals surface area contributed by atoms with Crippen molar-refractivity contribution in [3.63, 3.8) is 0 Å². The first-order chi connectivity index (χ1) is 12.9. The molecule has 0 N–H and O–H groups in total. The molecule has 0 bridgehead atoms. The number of benzene rings is 2. The fourth-order valence-corrected chi connectivity index (χ4v) is 5.14. The maximum absolute atomic E-state index is 12.8. The SMILES string of the molecule is COc1ccc(CN2CCN(S(=O)(=O)Cc3ccccc3C)CC2)cc1C. The molecule has 0 aliphatic carbocycles. The van der Waals surface area contributed by atoms with Crippen LogP contribution in [0.25, 0.3) is 0 Å². The van der Waals surface area contributed by atoms with E-state index in [1.54, 1.807) is 11.4 Å². The van der Waals surface area contributed by atoms with Crippen molar-refractivity contribution in [3.8, 4) is 5.75 Å². The molecule has 27 heavy (non-hydrogen) atoms. The highest BCUT2D eigenvalue weighted by molar-refractivity contribution is 7.88. The van der Waals surface area contributed by atoms with Crippen LogP contribution in [0.1, 0.15) is 22.3 Å². The third-order valence-electron chi connectivity index (χ3n) is 5.19. The van der Waals surface area contributed by atoms with E-state index in [1.807, 2.05) is 44.2 Å². The van der Waals surface area contributed by atoms with Gasteiger partial charge in [0.1, 0.15) is 5.75 Å². The minimum Gasteiger partial charge on any atom is -0.496 e. The summed E-state index contributed by atoms with van der Waals surface area (Å²) in [6.07, 6.45) is 0. The fourth-order valence-electron chi connectivity index (χ4n) is 3.52. The Hall–Kier alpha value is -1.89. The maximum Gasteiger partial charge on any atom is 0.218 e. The van der Waals surface area contributed by atoms with E-state index in [9.17, 15) is 8.42 Å². The van der Waals surface area contributed by atoms with Gasteiger partial charge in [-0.3, -0.25) is 4.90 Å². The van der Waals surface area contributed by atoms with Crippen molar-refractivity contribution in [2.24, 2.45) is 0 Å². The Morgan fingerprint density at radius 2 is 1.67 bits per heavy atom. The van der Waals surface area contributed by atoms with Crippen LogP contribution in [0.2, 0.25) is 0 Å². The Labute approximate surface area is 162 Å². The van der Waals surface area contributed by atoms with Gasteiger partial charge in [0.25, 0.3) is 0 Å². The van der Waals surface area contributed by atoms with Crippen LogP contribution in [0.4, 0.5) is 0 Å². The number of ether oxygens (including phenoxy) is 1. The van der Waals surface area contributed by atoms with Gasteiger partial charge in [-0.15, -0.1) is 0 Å². The predicted octanol–water partition coefficient (Wildman–Crippen LogP) is 2.96. The van der Waals surface area contributed by atoms with Gasteiger partial charge < -0.3 is 4.74 Å². The molecule has 0 amide bonds. The molecule has 3 rings (SSSR count). The Bertz CT molecular complexity index is 888. The van der Waals surface area contributed by atoms with E-state index in [4.69, 9.17) is 4.74 Å². The molecule has 1 heterocycles. The number of methoxy groups -OCH3 is 1. The van der Waals surface area contributed by atoms with Crippen LogP contribution < -0.4 is 4.74 Å². The van der Waals surface area contributed by atoms with Crippen LogP contribution >= 0.6 is 0 Å². The summed E-state index contributed by atoms with van der Waals surface area (Å²) in [4.78, 5) is 2.31. The van der Waals surface area contributed by atoms with Crippen LogP contribution in [-0.2, 0) is 22.3 Å². The molecular formula is C21H28N2O3S. The Morgan fingerprint density at radius 1 is 0.963 bits per heavy atom. The second-order valence-electron chi connectivity index (χ2n) is 7.16. The number of aryl methyl sites for hydroxylation is 2. The van der Waals surface area contributed by atoms with Gasteiger partial charge in [0, 0.05) is 32.7 Å². The number of hydrogen-bond acceptors (Lipinski definition) is 4. The topological polar surface area (TPSA) is 49.9 Å². The molecule has 6 heteroatoms. The van der Waals surface area contributed by atoms with Crippen molar-refractivity contribution in [1.29, 1.82) is 0 Å². The molecule has 0 radical (unpaired) electrons. The number of sulfonamides is 1. The van der Waals surface area contributed by atoms with Crippen LogP contribution in [0.15, 0.2) is 42.5 Å². The lowest BCUT2D eigenvalue weighted by molar-refractivity contribution is 0.181. The summed E-state index contributed by atoms with van der Waals surface area (Å²) in [7, 11) is -1.60. The Balaban J connectivity index is 1.58. The van der Waals surface area contributed by atoms with Crippen LogP contribution in [0.5, 0.6) is 5.75 Å². The highest BCUT2D eigenvalue weighted by Gasteiger charge is 2.27. The van der Waals surface area contributed by atoms with Gasteiger partial charge in [0.05, 0.1) is 12.9 Å². The second-order valence-corrected chi connectivity index (χ2v) is 9.13. The molecule has 2 aromatic rings. The molecule has 0 atom stereocenters. The van der Waals surface area contributed by atoms with Gasteiger partial charge in [-0.05, 0) is 42.2 Å². The molecule has 0 saturated carbocycles. The van der Waals surface area contributed by atoms with Gasteiger partial charge in [-0.2, -0.15) is 4.31 Å². The van der Waals surface area contributed by atoms with Crippen LogP contribution in [0.3, 0.4) is 0 Å². The second kappa shape index (κ2) is 8.42. The highest BCUT2D eigenvalue weighted by Crippen LogP contribution is 2.21. The quantitative estimate of drug-likeness (QED) is 0.763. The Kier molecular flexibility index (Phi) is 6.19. The lowest BCUT2D eigenvalue weighted by Gasteiger charge is -2.34. The zero-order valence-electron chi connectivity index (χ0n) is 16.3. The molecule has 1 saturated heterocycles. The summed E-state index contributed by atoms with van der Waals surface area (Å²) in [5, 5.41) is 0. The zero-order chi connectivity index (χ0) is 19.4. The van der Waals surface area contributed by atoms with E-state index < -0.39 is 10.0 Å². The number of rotatable bonds is 6. The van der Waals surface area contributed by atoms with Gasteiger partial charge in [-0.1, -0.05) is 36.4 Å². The third-order valence-corrected chi connectivity index (χ3v) is 7.02. The normalized spacial score (nSPS) is 16.4. The summed E-state index contributed by atoms with van der Waals surface area (Å²) >= 11 is 0. The zero-order valence-corrected chi connectivity index (χ0v) is 17.1. The molecule has 1 aliphatic heterocycles. The molecule has 1 aliphatic rings. The van der Waals surface area contributed by atoms with Gasteiger partial charge in [0.2, 0.25) is 10.0 Å². The summed E-state index contributed by atoms with van der Waals surface area (Å²) in [6, 6.07) is 13.9. The smallest absolute Gasteiger partial charge is 0.218 e. The average Bonchev–Trinajstić information content (AvgIpc) is 2.64. The van der Waals surface area contributed by atoms with Crippen molar-refractivity contribution in [3.05, 3.63) is 64.7 Å². The first-order valence-electron chi connectivity index (χ1n) is 9.27. The van der Waals surface area contributed by atoms with Crippen molar-refractivity contribution < 1.29 is 13.2 Å². The van der Waals surface area contributed by atoms with E-state index in [1.165, 1.54) is 5.56 Å². The lowest BCUT2D eigenvalue weighted by Crippen LogP contribution is -2.48. The minimum absolute atomic E-state index is 0.0807. The summed E-state index contributed by atoms with van der Waals surface area (Å²) in [5.74, 6) is 0.975. The molecule has 5 nitrogen and oxygen atoms in total. The first-order valence-corrected chi connectivity index (χ1v) is 10.9. The van der Waals surface area contributed by atoms with Gasteiger partial charge in [-0.25, -0.2) is 8.42 Å². The number of nitrogens with zero attached hydrogens (tertiary/aromatic N) is 2. The molecule has 0 unspecified atom stereocenters. The molecular weight excluding hydrogens is 360 g/mol. The van der Waals surface area contributed by atoms with Gasteiger partial charge in [0.15, 0.2) is 0 Å². The molecule has 146 valence electrons. The maximum atomic E-state index is 12.8. The van der Waals surface area contributed by atoms with Gasteiger partial charge >= 0.3 is 0 Å². The molecule has 2 aromatic carbocycles. The van der Waals surface area contributed by atoms with E-state index >= 15 is 0 Å². The summed E-state index contributed by atoms with van der Waals surface area (Å²) < 4.78 is 32.5. The van der Waals surface area contributed by atoms with Crippen LogP contribution in [-0.4, -0.2) is 50.9 Å². The Morgan fingerprint density at radius 3 is 2.30 bits per heavy atom. The monoisotopic (exact) mass is 388 g/mol. The van der Waals surface area contributed by atoms with Crippen molar-refractivity contribution in [2.75, 3.05) is 33.3 Å². The van der Waals surface area contributed by atoms with E-state index in [0.29, 0.717) is 13.1 Å². The molecule has 0 aromatic heterocycles. The van der Waals surface area contributed by atoms with E-state index in [-0.39, 0.29) is 5.75 Å². The van der Waals surface area contributed by atoms with Crippen molar-refractivity contribution >= 4 is 10.0 Å². The van der Waals surface area contributed by atoms with E-state index in [0.717, 1.165) is 42.1 Å². The van der Waals surface area contributed by atoms with Crippen molar-refractivity contribution in [2.45, 2.75) is 26.1 Å². The third kappa shape index (κ3) is 4.89. The lowest BCUT2D eigenvalue weighted by atomic mass is 10.1. The largest absolute Gasteiger partial charge is 0.496 e. The molecule has 1 fully saturated rings. The van der Waals surface area contributed by atoms with E-state index in [2.05, 4.69) is 17.0 Å². The minimum atomic E-state index is -3.28. The summed E-state index contributed by atoms with van der Waals surface area (Å²) in [6.45, 7) is 7.41. The number of piperazine rings is 1. The highest BCUT2D eigenvalue weighted by atomic mass is 32.2. The summed E-state index contributed by atoms with van der Waals surface area (Å²) in [5.41, 5.74) is 4.25. The molecule has 0 spiro atoms. The predicted molar refractivity (Wildman–Crippen MR) is 108 cm³/mol. The first kappa shape index (κ1) is 19.9. The van der Waals surface area contributed by atoms with Crippen molar-refractivity contribution in [1.82, 2.24) is 9.21 Å². The van der Waals surface area contributed by atoms with Crippen LogP contribution in [0, 0.1) is 13.8 Å². The standard InChI is InChI=1S/C21H28N2O3S/c1-17-6-4-5-7-20(17)16-27(24,25)23-12-10-22(11-13-23)15-19-8-9-21(26-3)18(2)14-19/h4-9,14H,10-13,15-16H2,1-3H3. The number of hydrogen-bond donors (Lipinski definition) is 0. The average molecular weight is 389 g/mol. The fraction of sp³-hybridized carbons (Fsp3) is 0.429.